The van der Waals surface area contributed by atoms with Gasteiger partial charge in [-0.25, -0.2) is 0 Å². The van der Waals surface area contributed by atoms with Crippen molar-refractivity contribution in [2.24, 2.45) is 5.92 Å². The van der Waals surface area contributed by atoms with Crippen molar-refractivity contribution in [1.29, 1.82) is 0 Å². The summed E-state index contributed by atoms with van der Waals surface area (Å²) < 4.78 is 4.95. The van der Waals surface area contributed by atoms with Crippen LogP contribution in [0.5, 0.6) is 0 Å². The molecule has 1 aromatic rings. The number of thiophene rings is 1. The molecule has 1 N–H and O–H groups in total. The molecule has 1 aromatic heterocycles. The number of hydrogen-bond donors (Lipinski definition) is 1. The van der Waals surface area contributed by atoms with E-state index in [9.17, 15) is 14.4 Å². The van der Waals surface area contributed by atoms with Crippen LogP contribution in [0.1, 0.15) is 22.5 Å². The largest absolute Gasteiger partial charge is 0.455 e. The van der Waals surface area contributed by atoms with Crippen LogP contribution in [0.2, 0.25) is 0 Å². The molecule has 0 spiro atoms. The minimum absolute atomic E-state index is 0.0159. The zero-order chi connectivity index (χ0) is 15.2. The van der Waals surface area contributed by atoms with Gasteiger partial charge in [0, 0.05) is 20.1 Å². The van der Waals surface area contributed by atoms with E-state index in [4.69, 9.17) is 4.74 Å². The number of nitrogens with zero attached hydrogens (tertiary/aromatic N) is 1. The Balaban J connectivity index is 1.79. The van der Waals surface area contributed by atoms with Gasteiger partial charge in [-0.3, -0.25) is 14.4 Å². The number of likely N-dealkylation sites (tertiary alicyclic amines) is 1. The summed E-state index contributed by atoms with van der Waals surface area (Å²) >= 11 is 1.42. The average Bonchev–Trinajstić information content (AvgIpc) is 3.06. The summed E-state index contributed by atoms with van der Waals surface area (Å²) in [6.07, 6.45) is 1.15. The molecule has 7 heteroatoms. The van der Waals surface area contributed by atoms with Crippen molar-refractivity contribution in [3.63, 3.8) is 0 Å². The Morgan fingerprint density at radius 3 is 2.67 bits per heavy atom. The van der Waals surface area contributed by atoms with Gasteiger partial charge in [-0.1, -0.05) is 6.07 Å². The first-order chi connectivity index (χ1) is 10.1. The number of esters is 1. The van der Waals surface area contributed by atoms with E-state index in [1.807, 2.05) is 11.4 Å². The molecule has 1 saturated heterocycles. The van der Waals surface area contributed by atoms with Crippen LogP contribution in [0.15, 0.2) is 17.5 Å². The summed E-state index contributed by atoms with van der Waals surface area (Å²) in [6, 6.07) is 3.65. The lowest BCUT2D eigenvalue weighted by atomic mass is 9.97. The van der Waals surface area contributed by atoms with Crippen LogP contribution in [0.25, 0.3) is 0 Å². The highest BCUT2D eigenvalue weighted by molar-refractivity contribution is 7.12. The first-order valence-electron chi connectivity index (χ1n) is 6.82. The standard InChI is InChI=1S/C14H18N2O4S/c1-15-12(17)9-20-14(19)10-4-6-16(7-5-10)13(18)11-3-2-8-21-11/h2-3,8,10H,4-7,9H2,1H3,(H,15,17). The first-order valence-corrected chi connectivity index (χ1v) is 7.69. The Hall–Kier alpha value is -1.89. The average molecular weight is 310 g/mol. The highest BCUT2D eigenvalue weighted by Gasteiger charge is 2.29. The Morgan fingerprint density at radius 1 is 1.38 bits per heavy atom. The number of ether oxygens (including phenoxy) is 1. The molecular formula is C14H18N2O4S. The van der Waals surface area contributed by atoms with Crippen LogP contribution in [-0.2, 0) is 14.3 Å². The van der Waals surface area contributed by atoms with Gasteiger partial charge < -0.3 is 15.0 Å². The van der Waals surface area contributed by atoms with Gasteiger partial charge in [-0.15, -0.1) is 11.3 Å². The SMILES string of the molecule is CNC(=O)COC(=O)C1CCN(C(=O)c2cccs2)CC1. The summed E-state index contributed by atoms with van der Waals surface area (Å²) in [7, 11) is 1.49. The van der Waals surface area contributed by atoms with E-state index >= 15 is 0 Å². The van der Waals surface area contributed by atoms with Crippen molar-refractivity contribution in [3.8, 4) is 0 Å². The molecule has 6 nitrogen and oxygen atoms in total. The molecular weight excluding hydrogens is 292 g/mol. The Kier molecular flexibility index (Phi) is 5.32. The van der Waals surface area contributed by atoms with Crippen molar-refractivity contribution < 1.29 is 19.1 Å². The molecule has 0 aliphatic carbocycles. The van der Waals surface area contributed by atoms with E-state index in [-0.39, 0.29) is 30.3 Å². The maximum absolute atomic E-state index is 12.2. The second-order valence-corrected chi connectivity index (χ2v) is 5.77. The monoisotopic (exact) mass is 310 g/mol. The fraction of sp³-hybridized carbons (Fsp3) is 0.500. The zero-order valence-corrected chi connectivity index (χ0v) is 12.6. The Bertz CT molecular complexity index is 507. The maximum Gasteiger partial charge on any atom is 0.309 e. The van der Waals surface area contributed by atoms with E-state index in [0.29, 0.717) is 25.9 Å². The van der Waals surface area contributed by atoms with Gasteiger partial charge in [0.05, 0.1) is 10.8 Å². The normalized spacial score (nSPS) is 15.6. The molecule has 1 fully saturated rings. The molecule has 2 amide bonds. The lowest BCUT2D eigenvalue weighted by Crippen LogP contribution is -2.40. The second kappa shape index (κ2) is 7.21. The van der Waals surface area contributed by atoms with Gasteiger partial charge in [-0.2, -0.15) is 0 Å². The van der Waals surface area contributed by atoms with Gasteiger partial charge in [-0.05, 0) is 24.3 Å². The molecule has 2 heterocycles. The highest BCUT2D eigenvalue weighted by Crippen LogP contribution is 2.21. The van der Waals surface area contributed by atoms with Gasteiger partial charge in [0.1, 0.15) is 0 Å². The molecule has 0 unspecified atom stereocenters. The molecule has 114 valence electrons. The third-order valence-corrected chi connectivity index (χ3v) is 4.33. The van der Waals surface area contributed by atoms with Crippen molar-refractivity contribution in [1.82, 2.24) is 10.2 Å². The third-order valence-electron chi connectivity index (χ3n) is 3.47. The van der Waals surface area contributed by atoms with Crippen molar-refractivity contribution >= 4 is 29.1 Å². The molecule has 0 radical (unpaired) electrons. The molecule has 0 bridgehead atoms. The van der Waals surface area contributed by atoms with E-state index < -0.39 is 0 Å². The van der Waals surface area contributed by atoms with Crippen LogP contribution >= 0.6 is 11.3 Å². The lowest BCUT2D eigenvalue weighted by Gasteiger charge is -2.30. The molecule has 0 saturated carbocycles. The number of carbonyl (C=O) groups is 3. The van der Waals surface area contributed by atoms with Gasteiger partial charge in [0.2, 0.25) is 0 Å². The fourth-order valence-corrected chi connectivity index (χ4v) is 2.89. The Morgan fingerprint density at radius 2 is 2.10 bits per heavy atom. The highest BCUT2D eigenvalue weighted by atomic mass is 32.1. The molecule has 1 aliphatic heterocycles. The number of nitrogens with one attached hydrogen (secondary N) is 1. The minimum Gasteiger partial charge on any atom is -0.455 e. The first kappa shape index (κ1) is 15.5. The molecule has 21 heavy (non-hydrogen) atoms. The topological polar surface area (TPSA) is 75.7 Å². The Labute approximate surface area is 127 Å². The number of amides is 2. The summed E-state index contributed by atoms with van der Waals surface area (Å²) in [5.41, 5.74) is 0. The van der Waals surface area contributed by atoms with E-state index in [2.05, 4.69) is 5.32 Å². The van der Waals surface area contributed by atoms with Crippen LogP contribution in [0, 0.1) is 5.92 Å². The van der Waals surface area contributed by atoms with Crippen molar-refractivity contribution in [3.05, 3.63) is 22.4 Å². The molecule has 1 aliphatic rings. The van der Waals surface area contributed by atoms with Gasteiger partial charge >= 0.3 is 5.97 Å². The van der Waals surface area contributed by atoms with Crippen LogP contribution in [0.4, 0.5) is 0 Å². The number of rotatable bonds is 4. The number of likely N-dealkylation sites (N-methyl/N-ethyl adjacent to an activating group) is 1. The number of piperidine rings is 1. The predicted molar refractivity (Wildman–Crippen MR) is 78.0 cm³/mol. The minimum atomic E-state index is -0.359. The second-order valence-electron chi connectivity index (χ2n) is 4.82. The lowest BCUT2D eigenvalue weighted by molar-refractivity contribution is -0.153. The zero-order valence-electron chi connectivity index (χ0n) is 11.8. The molecule has 0 aromatic carbocycles. The van der Waals surface area contributed by atoms with Crippen LogP contribution in [-0.4, -0.2) is 49.4 Å². The summed E-state index contributed by atoms with van der Waals surface area (Å²) in [4.78, 5) is 37.5. The fourth-order valence-electron chi connectivity index (χ4n) is 2.20. The maximum atomic E-state index is 12.2. The molecule has 0 atom stereocenters. The predicted octanol–water partition coefficient (Wildman–Crippen LogP) is 0.890. The molecule has 2 rings (SSSR count). The van der Waals surface area contributed by atoms with Crippen molar-refractivity contribution in [2.45, 2.75) is 12.8 Å². The quantitative estimate of drug-likeness (QED) is 0.838. The summed E-state index contributed by atoms with van der Waals surface area (Å²) in [5.74, 6) is -0.903. The van der Waals surface area contributed by atoms with Crippen LogP contribution < -0.4 is 5.32 Å². The van der Waals surface area contributed by atoms with E-state index in [1.165, 1.54) is 18.4 Å². The van der Waals surface area contributed by atoms with Crippen LogP contribution in [0.3, 0.4) is 0 Å². The smallest absolute Gasteiger partial charge is 0.309 e. The van der Waals surface area contributed by atoms with E-state index in [0.717, 1.165) is 4.88 Å². The van der Waals surface area contributed by atoms with Gasteiger partial charge in [0.15, 0.2) is 6.61 Å². The third kappa shape index (κ3) is 4.04. The van der Waals surface area contributed by atoms with Crippen molar-refractivity contribution in [2.75, 3.05) is 26.7 Å². The number of carbonyl (C=O) groups excluding carboxylic acids is 3. The van der Waals surface area contributed by atoms with Gasteiger partial charge in [0.25, 0.3) is 11.8 Å². The number of hydrogen-bond acceptors (Lipinski definition) is 5. The summed E-state index contributed by atoms with van der Waals surface area (Å²) in [6.45, 7) is 0.830. The van der Waals surface area contributed by atoms with E-state index in [1.54, 1.807) is 11.0 Å². The summed E-state index contributed by atoms with van der Waals surface area (Å²) in [5, 5.41) is 4.26.